The van der Waals surface area contributed by atoms with Gasteiger partial charge in [-0.3, -0.25) is 0 Å². The second kappa shape index (κ2) is 2.50. The zero-order chi connectivity index (χ0) is 5.82. The maximum Gasteiger partial charge on any atom is 0.0798 e. The SMILES string of the molecule is O/N=C1\C=[C]CCC1. The Labute approximate surface area is 48.5 Å². The summed E-state index contributed by atoms with van der Waals surface area (Å²) in [5.74, 6) is 0. The molecule has 1 rings (SSSR count). The van der Waals surface area contributed by atoms with Crippen LogP contribution < -0.4 is 0 Å². The third-order valence-corrected chi connectivity index (χ3v) is 1.15. The normalized spacial score (nSPS) is 24.2. The first-order chi connectivity index (χ1) is 3.93. The minimum atomic E-state index is 0.747. The highest BCUT2D eigenvalue weighted by molar-refractivity contribution is 5.94. The number of allylic oxidation sites excluding steroid dienone is 2. The van der Waals surface area contributed by atoms with Crippen LogP contribution in [0.2, 0.25) is 0 Å². The van der Waals surface area contributed by atoms with Crippen molar-refractivity contribution in [2.45, 2.75) is 19.3 Å². The highest BCUT2D eigenvalue weighted by Gasteiger charge is 1.98. The summed E-state index contributed by atoms with van der Waals surface area (Å²) in [6.07, 6.45) is 7.67. The molecule has 0 saturated heterocycles. The largest absolute Gasteiger partial charge is 0.411 e. The van der Waals surface area contributed by atoms with Crippen molar-refractivity contribution in [1.29, 1.82) is 0 Å². The lowest BCUT2D eigenvalue weighted by Gasteiger charge is -2.00. The Bertz CT molecular complexity index is 126. The van der Waals surface area contributed by atoms with Gasteiger partial charge in [-0.1, -0.05) is 5.16 Å². The van der Waals surface area contributed by atoms with E-state index in [0.717, 1.165) is 25.0 Å². The van der Waals surface area contributed by atoms with Crippen LogP contribution >= 0.6 is 0 Å². The molecule has 0 aliphatic heterocycles. The van der Waals surface area contributed by atoms with E-state index in [4.69, 9.17) is 5.21 Å². The summed E-state index contributed by atoms with van der Waals surface area (Å²) in [4.78, 5) is 0. The second-order valence-corrected chi connectivity index (χ2v) is 1.79. The highest BCUT2D eigenvalue weighted by Crippen LogP contribution is 2.05. The first kappa shape index (κ1) is 5.35. The summed E-state index contributed by atoms with van der Waals surface area (Å²) < 4.78 is 0. The van der Waals surface area contributed by atoms with Crippen LogP contribution in [0.15, 0.2) is 11.2 Å². The monoisotopic (exact) mass is 110 g/mol. The number of oxime groups is 1. The molecule has 0 bridgehead atoms. The summed E-state index contributed by atoms with van der Waals surface area (Å²) in [5, 5.41) is 11.3. The molecule has 1 N–H and O–H groups in total. The molecule has 1 aliphatic carbocycles. The third kappa shape index (κ3) is 1.09. The van der Waals surface area contributed by atoms with Crippen LogP contribution in [-0.2, 0) is 0 Å². The third-order valence-electron chi connectivity index (χ3n) is 1.15. The summed E-state index contributed by atoms with van der Waals surface area (Å²) >= 11 is 0. The molecule has 2 heteroatoms. The van der Waals surface area contributed by atoms with Gasteiger partial charge in [-0.2, -0.15) is 0 Å². The molecule has 1 radical (unpaired) electrons. The first-order valence-electron chi connectivity index (χ1n) is 2.71. The van der Waals surface area contributed by atoms with Gasteiger partial charge in [-0.05, 0) is 31.4 Å². The average molecular weight is 110 g/mol. The molecule has 2 nitrogen and oxygen atoms in total. The van der Waals surface area contributed by atoms with Crippen molar-refractivity contribution in [3.05, 3.63) is 12.2 Å². The van der Waals surface area contributed by atoms with Crippen LogP contribution in [0, 0.1) is 6.08 Å². The fraction of sp³-hybridized carbons (Fsp3) is 0.500. The molecule has 8 heavy (non-hydrogen) atoms. The van der Waals surface area contributed by atoms with Crippen molar-refractivity contribution >= 4 is 5.71 Å². The smallest absolute Gasteiger partial charge is 0.0798 e. The number of rotatable bonds is 0. The van der Waals surface area contributed by atoms with Crippen LogP contribution in [0.1, 0.15) is 19.3 Å². The predicted molar refractivity (Wildman–Crippen MR) is 30.9 cm³/mol. The number of nitrogens with zero attached hydrogens (tertiary/aromatic N) is 1. The van der Waals surface area contributed by atoms with E-state index in [0.29, 0.717) is 0 Å². The summed E-state index contributed by atoms with van der Waals surface area (Å²) in [7, 11) is 0. The van der Waals surface area contributed by atoms with Crippen molar-refractivity contribution < 1.29 is 5.21 Å². The van der Waals surface area contributed by atoms with Crippen LogP contribution in [-0.4, -0.2) is 10.9 Å². The molecule has 0 saturated carbocycles. The fourth-order valence-corrected chi connectivity index (χ4v) is 0.713. The zero-order valence-electron chi connectivity index (χ0n) is 4.59. The lowest BCUT2D eigenvalue weighted by molar-refractivity contribution is 0.318. The second-order valence-electron chi connectivity index (χ2n) is 1.79. The maximum absolute atomic E-state index is 8.21. The van der Waals surface area contributed by atoms with E-state index in [1.54, 1.807) is 6.08 Å². The Morgan fingerprint density at radius 2 is 2.62 bits per heavy atom. The predicted octanol–water partition coefficient (Wildman–Crippen LogP) is 1.36. The van der Waals surface area contributed by atoms with Crippen LogP contribution in [0.25, 0.3) is 0 Å². The van der Waals surface area contributed by atoms with Gasteiger partial charge >= 0.3 is 0 Å². The van der Waals surface area contributed by atoms with Gasteiger partial charge < -0.3 is 5.21 Å². The van der Waals surface area contributed by atoms with E-state index in [1.165, 1.54) is 0 Å². The molecular weight excluding hydrogens is 102 g/mol. The Kier molecular flexibility index (Phi) is 1.67. The molecule has 0 aromatic carbocycles. The van der Waals surface area contributed by atoms with Crippen LogP contribution in [0.4, 0.5) is 0 Å². The molecule has 0 heterocycles. The topological polar surface area (TPSA) is 32.6 Å². The lowest BCUT2D eigenvalue weighted by atomic mass is 10.1. The van der Waals surface area contributed by atoms with E-state index < -0.39 is 0 Å². The van der Waals surface area contributed by atoms with E-state index >= 15 is 0 Å². The van der Waals surface area contributed by atoms with Gasteiger partial charge in [0.1, 0.15) is 0 Å². The van der Waals surface area contributed by atoms with Crippen molar-refractivity contribution in [1.82, 2.24) is 0 Å². The van der Waals surface area contributed by atoms with E-state index in [9.17, 15) is 0 Å². The Morgan fingerprint density at radius 1 is 1.75 bits per heavy atom. The molecule has 0 unspecified atom stereocenters. The minimum Gasteiger partial charge on any atom is -0.411 e. The lowest BCUT2D eigenvalue weighted by Crippen LogP contribution is -1.97. The molecule has 1 aliphatic rings. The van der Waals surface area contributed by atoms with Gasteiger partial charge in [0, 0.05) is 0 Å². The van der Waals surface area contributed by atoms with Crippen LogP contribution in [0.5, 0.6) is 0 Å². The van der Waals surface area contributed by atoms with E-state index in [-0.39, 0.29) is 0 Å². The molecule has 0 fully saturated rings. The molecule has 0 spiro atoms. The fourth-order valence-electron chi connectivity index (χ4n) is 0.713. The van der Waals surface area contributed by atoms with Gasteiger partial charge in [0.15, 0.2) is 0 Å². The summed E-state index contributed by atoms with van der Waals surface area (Å²) in [6, 6.07) is 0. The molecule has 0 aromatic rings. The molecular formula is C6H8NO. The first-order valence-corrected chi connectivity index (χ1v) is 2.71. The summed E-state index contributed by atoms with van der Waals surface area (Å²) in [6.45, 7) is 0. The Hall–Kier alpha value is -0.790. The van der Waals surface area contributed by atoms with Gasteiger partial charge in [0.2, 0.25) is 0 Å². The quantitative estimate of drug-likeness (QED) is 0.370. The van der Waals surface area contributed by atoms with Crippen LogP contribution in [0.3, 0.4) is 0 Å². The van der Waals surface area contributed by atoms with Gasteiger partial charge in [0.25, 0.3) is 0 Å². The molecule has 0 amide bonds. The van der Waals surface area contributed by atoms with Crippen molar-refractivity contribution in [3.63, 3.8) is 0 Å². The highest BCUT2D eigenvalue weighted by atomic mass is 16.4. The van der Waals surface area contributed by atoms with Crippen molar-refractivity contribution in [2.24, 2.45) is 5.16 Å². The van der Waals surface area contributed by atoms with Crippen molar-refractivity contribution in [2.75, 3.05) is 0 Å². The summed E-state index contributed by atoms with van der Waals surface area (Å²) in [5.41, 5.74) is 0.747. The van der Waals surface area contributed by atoms with E-state index in [2.05, 4.69) is 11.2 Å². The number of hydrogen-bond acceptors (Lipinski definition) is 2. The average Bonchev–Trinajstić information content (AvgIpc) is 1.90. The molecule has 0 aromatic heterocycles. The Balaban J connectivity index is 2.56. The standard InChI is InChI=1S/C6H8NO/c8-7-6-4-2-1-3-5-6/h5,8H,1-2,4H2/b7-6-. The number of hydrogen-bond donors (Lipinski definition) is 1. The minimum absolute atomic E-state index is 0.747. The van der Waals surface area contributed by atoms with Gasteiger partial charge in [0.05, 0.1) is 5.71 Å². The molecule has 0 atom stereocenters. The van der Waals surface area contributed by atoms with Crippen molar-refractivity contribution in [3.8, 4) is 0 Å². The maximum atomic E-state index is 8.21. The van der Waals surface area contributed by atoms with E-state index in [1.807, 2.05) is 0 Å². The zero-order valence-corrected chi connectivity index (χ0v) is 4.59. The van der Waals surface area contributed by atoms with Gasteiger partial charge in [-0.25, -0.2) is 0 Å². The Morgan fingerprint density at radius 3 is 3.00 bits per heavy atom. The molecule has 43 valence electrons. The van der Waals surface area contributed by atoms with Gasteiger partial charge in [-0.15, -0.1) is 0 Å².